The fraction of sp³-hybridized carbons (Fsp3) is 0.417. The van der Waals surface area contributed by atoms with Gasteiger partial charge in [-0.1, -0.05) is 5.16 Å². The van der Waals surface area contributed by atoms with Crippen molar-refractivity contribution in [3.05, 3.63) is 28.5 Å². The molecule has 0 aromatic carbocycles. The van der Waals surface area contributed by atoms with E-state index in [1.54, 1.807) is 23.2 Å². The Kier molecular flexibility index (Phi) is 5.75. The molecule has 0 radical (unpaired) electrons. The lowest BCUT2D eigenvalue weighted by molar-refractivity contribution is 0.0705. The number of nitrogens with two attached hydrogens (primary N) is 1. The highest BCUT2D eigenvalue weighted by atomic mass is 79.9. The lowest BCUT2D eigenvalue weighted by atomic mass is 10.2. The molecule has 0 unspecified atom stereocenters. The third-order valence-corrected chi connectivity index (χ3v) is 3.04. The second kappa shape index (κ2) is 7.08. The van der Waals surface area contributed by atoms with Crippen LogP contribution in [0.4, 0.5) is 0 Å². The second-order valence-electron chi connectivity index (χ2n) is 4.30. The largest absolute Gasteiger partial charge is 0.409 e. The summed E-state index contributed by atoms with van der Waals surface area (Å²) in [6.07, 6.45) is 1.90. The van der Waals surface area contributed by atoms with Gasteiger partial charge in [0.2, 0.25) is 0 Å². The minimum Gasteiger partial charge on any atom is -0.409 e. The molecule has 1 amide bonds. The first-order chi connectivity index (χ1) is 8.95. The molecular weight excluding hydrogens is 312 g/mol. The highest BCUT2D eigenvalue weighted by Gasteiger charge is 2.19. The topological polar surface area (TPSA) is 91.8 Å². The zero-order valence-corrected chi connectivity index (χ0v) is 12.5. The van der Waals surface area contributed by atoms with Crippen molar-refractivity contribution in [3.63, 3.8) is 0 Å². The van der Waals surface area contributed by atoms with Crippen LogP contribution in [0.3, 0.4) is 0 Å². The summed E-state index contributed by atoms with van der Waals surface area (Å²) in [6.45, 7) is 4.19. The summed E-state index contributed by atoms with van der Waals surface area (Å²) in [6, 6.07) is 3.43. The first-order valence-corrected chi connectivity index (χ1v) is 6.64. The molecule has 0 aliphatic heterocycles. The van der Waals surface area contributed by atoms with Crippen molar-refractivity contribution in [1.82, 2.24) is 9.88 Å². The maximum atomic E-state index is 12.3. The summed E-state index contributed by atoms with van der Waals surface area (Å²) in [5, 5.41) is 11.4. The van der Waals surface area contributed by atoms with E-state index in [2.05, 4.69) is 26.1 Å². The van der Waals surface area contributed by atoms with Crippen molar-refractivity contribution in [2.75, 3.05) is 6.54 Å². The first kappa shape index (κ1) is 15.4. The Labute approximate surface area is 120 Å². The molecule has 0 bridgehead atoms. The zero-order valence-electron chi connectivity index (χ0n) is 10.9. The van der Waals surface area contributed by atoms with Crippen LogP contribution in [0.5, 0.6) is 0 Å². The van der Waals surface area contributed by atoms with Gasteiger partial charge in [-0.05, 0) is 41.9 Å². The second-order valence-corrected chi connectivity index (χ2v) is 5.21. The molecular formula is C12H17BrN4O2. The van der Waals surface area contributed by atoms with Gasteiger partial charge in [-0.15, -0.1) is 0 Å². The van der Waals surface area contributed by atoms with E-state index in [9.17, 15) is 4.79 Å². The number of halogens is 1. The van der Waals surface area contributed by atoms with Crippen molar-refractivity contribution in [2.45, 2.75) is 26.3 Å². The van der Waals surface area contributed by atoms with Crippen LogP contribution in [0.2, 0.25) is 0 Å². The van der Waals surface area contributed by atoms with E-state index in [4.69, 9.17) is 10.9 Å². The fourth-order valence-electron chi connectivity index (χ4n) is 1.53. The van der Waals surface area contributed by atoms with Gasteiger partial charge in [0.15, 0.2) is 0 Å². The number of amidine groups is 1. The molecule has 19 heavy (non-hydrogen) atoms. The van der Waals surface area contributed by atoms with Crippen molar-refractivity contribution in [2.24, 2.45) is 10.9 Å². The van der Waals surface area contributed by atoms with E-state index in [1.165, 1.54) is 0 Å². The predicted octanol–water partition coefficient (Wildman–Crippen LogP) is 1.83. The number of carbonyl (C=O) groups excluding carboxylic acids is 1. The summed E-state index contributed by atoms with van der Waals surface area (Å²) in [5.41, 5.74) is 5.79. The van der Waals surface area contributed by atoms with Crippen LogP contribution in [0, 0.1) is 0 Å². The number of pyridine rings is 1. The van der Waals surface area contributed by atoms with Crippen LogP contribution in [-0.4, -0.2) is 39.4 Å². The molecule has 0 atom stereocenters. The van der Waals surface area contributed by atoms with Gasteiger partial charge in [0.05, 0.1) is 0 Å². The Morgan fingerprint density at radius 1 is 1.58 bits per heavy atom. The molecule has 1 aromatic rings. The lowest BCUT2D eigenvalue weighted by Crippen LogP contribution is -2.39. The van der Waals surface area contributed by atoms with Crippen LogP contribution < -0.4 is 5.73 Å². The van der Waals surface area contributed by atoms with Gasteiger partial charge in [-0.25, -0.2) is 4.98 Å². The van der Waals surface area contributed by atoms with E-state index in [0.717, 1.165) is 4.47 Å². The number of oxime groups is 1. The lowest BCUT2D eigenvalue weighted by Gasteiger charge is -2.26. The monoisotopic (exact) mass is 328 g/mol. The molecule has 3 N–H and O–H groups in total. The van der Waals surface area contributed by atoms with E-state index in [0.29, 0.717) is 18.7 Å². The van der Waals surface area contributed by atoms with E-state index in [1.807, 2.05) is 13.8 Å². The van der Waals surface area contributed by atoms with Gasteiger partial charge < -0.3 is 15.8 Å². The normalized spacial score (nSPS) is 11.7. The van der Waals surface area contributed by atoms with Gasteiger partial charge in [0.1, 0.15) is 11.5 Å². The molecule has 0 aliphatic carbocycles. The van der Waals surface area contributed by atoms with Crippen molar-refractivity contribution in [3.8, 4) is 0 Å². The van der Waals surface area contributed by atoms with Gasteiger partial charge in [-0.2, -0.15) is 0 Å². The number of aromatic nitrogens is 1. The van der Waals surface area contributed by atoms with E-state index >= 15 is 0 Å². The van der Waals surface area contributed by atoms with E-state index < -0.39 is 0 Å². The van der Waals surface area contributed by atoms with Crippen LogP contribution in [0.25, 0.3) is 0 Å². The first-order valence-electron chi connectivity index (χ1n) is 5.84. The minimum atomic E-state index is -0.173. The molecule has 7 heteroatoms. The molecule has 104 valence electrons. The summed E-state index contributed by atoms with van der Waals surface area (Å²) in [5.74, 6) is -0.0737. The number of hydrogen-bond acceptors (Lipinski definition) is 4. The number of hydrogen-bond donors (Lipinski definition) is 2. The van der Waals surface area contributed by atoms with Gasteiger partial charge in [0.25, 0.3) is 5.91 Å². The maximum absolute atomic E-state index is 12.3. The molecule has 1 aromatic heterocycles. The van der Waals surface area contributed by atoms with Gasteiger partial charge >= 0.3 is 0 Å². The Morgan fingerprint density at radius 3 is 2.74 bits per heavy atom. The number of nitrogens with zero attached hydrogens (tertiary/aromatic N) is 3. The smallest absolute Gasteiger partial charge is 0.272 e. The van der Waals surface area contributed by atoms with Crippen molar-refractivity contribution >= 4 is 27.7 Å². The molecule has 6 nitrogen and oxygen atoms in total. The van der Waals surface area contributed by atoms with Crippen molar-refractivity contribution in [1.29, 1.82) is 0 Å². The van der Waals surface area contributed by atoms with Gasteiger partial charge in [0, 0.05) is 29.7 Å². The molecule has 1 rings (SSSR count). The summed E-state index contributed by atoms with van der Waals surface area (Å²) < 4.78 is 0.816. The highest BCUT2D eigenvalue weighted by molar-refractivity contribution is 9.10. The Bertz CT molecular complexity index is 459. The molecule has 1 heterocycles. The zero-order chi connectivity index (χ0) is 14.4. The molecule has 0 saturated carbocycles. The standard InChI is InChI=1S/C12H17BrN4O2/c1-8(2)17(6-5-11(14)16-19)12(18)10-4-3-9(13)7-15-10/h3-4,7-8,19H,5-6H2,1-2H3,(H2,14,16). The predicted molar refractivity (Wildman–Crippen MR) is 76.1 cm³/mol. The minimum absolute atomic E-state index is 0.00411. The molecule has 0 saturated heterocycles. The Morgan fingerprint density at radius 2 is 2.26 bits per heavy atom. The fourth-order valence-corrected chi connectivity index (χ4v) is 1.76. The molecule has 0 aliphatic rings. The van der Waals surface area contributed by atoms with Crippen LogP contribution in [0.15, 0.2) is 28.0 Å². The Hall–Kier alpha value is -1.63. The summed E-state index contributed by atoms with van der Waals surface area (Å²) >= 11 is 3.27. The SMILES string of the molecule is CC(C)N(CCC(N)=NO)C(=O)c1ccc(Br)cn1. The Balaban J connectivity index is 2.81. The number of carbonyl (C=O) groups is 1. The molecule has 0 spiro atoms. The van der Waals surface area contributed by atoms with Crippen LogP contribution in [0.1, 0.15) is 30.8 Å². The summed E-state index contributed by atoms with van der Waals surface area (Å²) in [7, 11) is 0. The average molecular weight is 329 g/mol. The summed E-state index contributed by atoms with van der Waals surface area (Å²) in [4.78, 5) is 18.0. The highest BCUT2D eigenvalue weighted by Crippen LogP contribution is 2.11. The van der Waals surface area contributed by atoms with Crippen molar-refractivity contribution < 1.29 is 10.0 Å². The number of amides is 1. The van der Waals surface area contributed by atoms with E-state index in [-0.39, 0.29) is 17.8 Å². The molecule has 0 fully saturated rings. The average Bonchev–Trinajstić information content (AvgIpc) is 2.38. The van der Waals surface area contributed by atoms with Crippen LogP contribution >= 0.6 is 15.9 Å². The quantitative estimate of drug-likeness (QED) is 0.373. The van der Waals surface area contributed by atoms with Crippen LogP contribution in [-0.2, 0) is 0 Å². The third kappa shape index (κ3) is 4.51. The maximum Gasteiger partial charge on any atom is 0.272 e. The van der Waals surface area contributed by atoms with Gasteiger partial charge in [-0.3, -0.25) is 4.79 Å². The third-order valence-electron chi connectivity index (χ3n) is 2.57. The number of rotatable bonds is 5.